The van der Waals surface area contributed by atoms with Gasteiger partial charge in [0.2, 0.25) is 0 Å². The summed E-state index contributed by atoms with van der Waals surface area (Å²) in [6.45, 7) is 2.44. The number of carbonyl (C=O) groups is 1. The quantitative estimate of drug-likeness (QED) is 0.780. The number of ether oxygens (including phenoxy) is 1. The van der Waals surface area contributed by atoms with Crippen LogP contribution in [0, 0.1) is 0 Å². The number of carbonyl (C=O) groups excluding carboxylic acids is 1. The van der Waals surface area contributed by atoms with Crippen molar-refractivity contribution in [2.75, 3.05) is 6.61 Å². The van der Waals surface area contributed by atoms with Crippen LogP contribution in [0.1, 0.15) is 23.3 Å². The molecule has 0 aliphatic rings. The van der Waals surface area contributed by atoms with Gasteiger partial charge in [0.25, 0.3) is 6.47 Å². The van der Waals surface area contributed by atoms with Gasteiger partial charge >= 0.3 is 6.18 Å². The van der Waals surface area contributed by atoms with Gasteiger partial charge in [-0.1, -0.05) is 19.1 Å². The zero-order valence-electron chi connectivity index (χ0n) is 11.1. The Labute approximate surface area is 123 Å². The Morgan fingerprint density at radius 2 is 2.00 bits per heavy atom. The number of nitrogens with zero attached hydrogens (tertiary/aromatic N) is 1. The van der Waals surface area contributed by atoms with E-state index in [9.17, 15) is 18.0 Å². The number of hydrogen-bond donors (Lipinski definition) is 0. The highest BCUT2D eigenvalue weighted by Gasteiger charge is 2.30. The number of benzene rings is 1. The monoisotopic (exact) mass is 315 g/mol. The highest BCUT2D eigenvalue weighted by Crippen LogP contribution is 2.34. The van der Waals surface area contributed by atoms with E-state index in [1.165, 1.54) is 23.5 Å². The van der Waals surface area contributed by atoms with E-state index in [1.807, 2.05) is 6.92 Å². The Kier molecular flexibility index (Phi) is 4.62. The summed E-state index contributed by atoms with van der Waals surface area (Å²) in [6.07, 6.45) is -4.35. The van der Waals surface area contributed by atoms with Crippen molar-refractivity contribution < 1.29 is 22.7 Å². The number of thiazole rings is 1. The molecule has 1 aromatic heterocycles. The van der Waals surface area contributed by atoms with Gasteiger partial charge < -0.3 is 4.74 Å². The summed E-state index contributed by atoms with van der Waals surface area (Å²) in [4.78, 5) is 15.3. The highest BCUT2D eigenvalue weighted by molar-refractivity contribution is 7.10. The lowest BCUT2D eigenvalue weighted by Gasteiger charge is -2.11. The Hall–Kier alpha value is -1.89. The van der Waals surface area contributed by atoms with E-state index >= 15 is 0 Å². The molecule has 0 fully saturated rings. The first-order valence-corrected chi connectivity index (χ1v) is 6.97. The van der Waals surface area contributed by atoms with E-state index in [-0.39, 0.29) is 12.5 Å². The lowest BCUT2D eigenvalue weighted by molar-refractivity contribution is -0.137. The van der Waals surface area contributed by atoms with E-state index < -0.39 is 11.7 Å². The molecule has 1 atom stereocenters. The van der Waals surface area contributed by atoms with Crippen LogP contribution in [0.15, 0.2) is 29.8 Å². The average molecular weight is 315 g/mol. The van der Waals surface area contributed by atoms with Crippen LogP contribution in [0.2, 0.25) is 0 Å². The second-order valence-corrected chi connectivity index (χ2v) is 5.36. The van der Waals surface area contributed by atoms with Crippen LogP contribution in [-0.4, -0.2) is 18.1 Å². The Morgan fingerprint density at radius 1 is 1.33 bits per heavy atom. The Morgan fingerprint density at radius 3 is 2.57 bits per heavy atom. The van der Waals surface area contributed by atoms with E-state index in [1.54, 1.807) is 5.51 Å². The zero-order valence-corrected chi connectivity index (χ0v) is 11.9. The summed E-state index contributed by atoms with van der Waals surface area (Å²) in [5.74, 6) is -0.0695. The van der Waals surface area contributed by atoms with Crippen LogP contribution in [0.4, 0.5) is 13.2 Å². The summed E-state index contributed by atoms with van der Waals surface area (Å²) in [5.41, 5.74) is 2.16. The molecule has 0 aliphatic carbocycles. The highest BCUT2D eigenvalue weighted by atomic mass is 32.1. The van der Waals surface area contributed by atoms with Crippen molar-refractivity contribution in [1.82, 2.24) is 4.98 Å². The molecule has 1 heterocycles. The van der Waals surface area contributed by atoms with Crippen molar-refractivity contribution >= 4 is 17.8 Å². The molecule has 0 amide bonds. The molecule has 0 bridgehead atoms. The zero-order chi connectivity index (χ0) is 15.5. The van der Waals surface area contributed by atoms with Crippen LogP contribution in [0.25, 0.3) is 11.3 Å². The van der Waals surface area contributed by atoms with Crippen molar-refractivity contribution in [2.24, 2.45) is 0 Å². The SMILES string of the molecule is CC(COC=O)c1scnc1-c1ccc(C(F)(F)F)cc1. The summed E-state index contributed by atoms with van der Waals surface area (Å²) >= 11 is 1.38. The average Bonchev–Trinajstić information content (AvgIpc) is 2.93. The van der Waals surface area contributed by atoms with Gasteiger partial charge in [0.1, 0.15) is 0 Å². The molecule has 0 saturated heterocycles. The Bertz CT molecular complexity index is 607. The molecule has 3 nitrogen and oxygen atoms in total. The molecule has 112 valence electrons. The largest absolute Gasteiger partial charge is 0.467 e. The van der Waals surface area contributed by atoms with Crippen molar-refractivity contribution in [2.45, 2.75) is 19.0 Å². The summed E-state index contributed by atoms with van der Waals surface area (Å²) in [7, 11) is 0. The molecule has 0 aliphatic heterocycles. The van der Waals surface area contributed by atoms with Crippen LogP contribution in [0.3, 0.4) is 0 Å². The van der Waals surface area contributed by atoms with Gasteiger partial charge in [0.05, 0.1) is 23.4 Å². The van der Waals surface area contributed by atoms with Crippen LogP contribution < -0.4 is 0 Å². The molecular formula is C14H12F3NO2S. The number of alkyl halides is 3. The second kappa shape index (κ2) is 6.26. The van der Waals surface area contributed by atoms with Crippen molar-refractivity contribution in [3.63, 3.8) is 0 Å². The number of rotatable bonds is 5. The minimum absolute atomic E-state index is 0.0695. The lowest BCUT2D eigenvalue weighted by Crippen LogP contribution is -2.05. The van der Waals surface area contributed by atoms with E-state index in [2.05, 4.69) is 4.98 Å². The fourth-order valence-electron chi connectivity index (χ4n) is 1.90. The first-order valence-electron chi connectivity index (χ1n) is 6.09. The summed E-state index contributed by atoms with van der Waals surface area (Å²) in [6, 6.07) is 4.86. The summed E-state index contributed by atoms with van der Waals surface area (Å²) < 4.78 is 42.4. The van der Waals surface area contributed by atoms with Crippen molar-refractivity contribution in [3.8, 4) is 11.3 Å². The van der Waals surface area contributed by atoms with E-state index in [0.29, 0.717) is 17.7 Å². The van der Waals surface area contributed by atoms with Crippen molar-refractivity contribution in [1.29, 1.82) is 0 Å². The maximum Gasteiger partial charge on any atom is 0.416 e. The first kappa shape index (κ1) is 15.5. The molecule has 0 N–H and O–H groups in total. The molecule has 7 heteroatoms. The van der Waals surface area contributed by atoms with Gasteiger partial charge in [-0.25, -0.2) is 4.98 Å². The number of hydrogen-bond acceptors (Lipinski definition) is 4. The predicted octanol–water partition coefficient (Wildman–Crippen LogP) is 4.11. The van der Waals surface area contributed by atoms with Gasteiger partial charge in [0.15, 0.2) is 0 Å². The minimum atomic E-state index is -4.35. The molecule has 2 rings (SSSR count). The number of aromatic nitrogens is 1. The normalized spacial score (nSPS) is 13.0. The van der Waals surface area contributed by atoms with Gasteiger partial charge in [0, 0.05) is 16.4 Å². The molecule has 1 unspecified atom stereocenters. The van der Waals surface area contributed by atoms with E-state index in [4.69, 9.17) is 4.74 Å². The molecule has 21 heavy (non-hydrogen) atoms. The van der Waals surface area contributed by atoms with Crippen LogP contribution in [-0.2, 0) is 15.7 Å². The topological polar surface area (TPSA) is 39.2 Å². The third kappa shape index (κ3) is 3.60. The number of halogens is 3. The van der Waals surface area contributed by atoms with Crippen molar-refractivity contribution in [3.05, 3.63) is 40.2 Å². The first-order chi connectivity index (χ1) is 9.93. The second-order valence-electron chi connectivity index (χ2n) is 4.47. The molecule has 0 spiro atoms. The maximum atomic E-state index is 12.5. The Balaban J connectivity index is 2.27. The summed E-state index contributed by atoms with van der Waals surface area (Å²) in [5, 5.41) is 0. The molecule has 1 aromatic carbocycles. The fraction of sp³-hybridized carbons (Fsp3) is 0.286. The van der Waals surface area contributed by atoms with Gasteiger partial charge in [-0.05, 0) is 12.1 Å². The molecule has 2 aromatic rings. The van der Waals surface area contributed by atoms with Gasteiger partial charge in [-0.3, -0.25) is 4.79 Å². The fourth-order valence-corrected chi connectivity index (χ4v) is 2.75. The standard InChI is InChI=1S/C14H12F3NO2S/c1-9(6-20-8-19)13-12(18-7-21-13)10-2-4-11(5-3-10)14(15,16)17/h2-5,7-9H,6H2,1H3. The predicted molar refractivity (Wildman–Crippen MR) is 73.0 cm³/mol. The van der Waals surface area contributed by atoms with Gasteiger partial charge in [-0.2, -0.15) is 13.2 Å². The lowest BCUT2D eigenvalue weighted by atomic mass is 10.0. The molecule has 0 saturated carbocycles. The smallest absolute Gasteiger partial charge is 0.416 e. The van der Waals surface area contributed by atoms with Gasteiger partial charge in [-0.15, -0.1) is 11.3 Å². The van der Waals surface area contributed by atoms with Crippen LogP contribution >= 0.6 is 11.3 Å². The molecule has 0 radical (unpaired) electrons. The maximum absolute atomic E-state index is 12.5. The minimum Gasteiger partial charge on any atom is -0.467 e. The van der Waals surface area contributed by atoms with E-state index in [0.717, 1.165) is 17.0 Å². The van der Waals surface area contributed by atoms with Crippen LogP contribution in [0.5, 0.6) is 0 Å². The third-order valence-corrected chi connectivity index (χ3v) is 4.00. The third-order valence-electron chi connectivity index (χ3n) is 2.94. The molecular weight excluding hydrogens is 303 g/mol.